The van der Waals surface area contributed by atoms with Crippen molar-refractivity contribution >= 4 is 33.0 Å². The van der Waals surface area contributed by atoms with E-state index >= 15 is 0 Å². The Balaban J connectivity index is 2.28. The minimum atomic E-state index is -0.407. The van der Waals surface area contributed by atoms with Crippen molar-refractivity contribution < 1.29 is 8.78 Å². The predicted molar refractivity (Wildman–Crippen MR) is 68.2 cm³/mol. The topological polar surface area (TPSA) is 38.0 Å². The standard InChI is InChI=1S/C12H9BrF2N2/c13-9-3-2-8(6-10(9)15)17-12-4-1-7(14)5-11(12)16/h1-6,17H,16H2. The Labute approximate surface area is 106 Å². The highest BCUT2D eigenvalue weighted by Crippen LogP contribution is 2.26. The van der Waals surface area contributed by atoms with Crippen molar-refractivity contribution in [3.8, 4) is 0 Å². The summed E-state index contributed by atoms with van der Waals surface area (Å²) in [5, 5.41) is 2.91. The molecule has 2 nitrogen and oxygen atoms in total. The molecule has 17 heavy (non-hydrogen) atoms. The van der Waals surface area contributed by atoms with Gasteiger partial charge in [-0.1, -0.05) is 0 Å². The summed E-state index contributed by atoms with van der Waals surface area (Å²) in [6.07, 6.45) is 0. The van der Waals surface area contributed by atoms with Gasteiger partial charge >= 0.3 is 0 Å². The van der Waals surface area contributed by atoms with Crippen LogP contribution in [-0.4, -0.2) is 0 Å². The zero-order chi connectivity index (χ0) is 12.4. The quantitative estimate of drug-likeness (QED) is 0.821. The molecule has 2 aromatic rings. The maximum atomic E-state index is 13.3. The van der Waals surface area contributed by atoms with E-state index in [9.17, 15) is 8.78 Å². The van der Waals surface area contributed by atoms with E-state index in [2.05, 4.69) is 21.2 Å². The molecular weight excluding hydrogens is 290 g/mol. The number of hydrogen-bond acceptors (Lipinski definition) is 2. The van der Waals surface area contributed by atoms with Crippen LogP contribution in [0.1, 0.15) is 0 Å². The molecule has 0 fully saturated rings. The van der Waals surface area contributed by atoms with Crippen molar-refractivity contribution in [1.82, 2.24) is 0 Å². The summed E-state index contributed by atoms with van der Waals surface area (Å²) in [7, 11) is 0. The highest BCUT2D eigenvalue weighted by molar-refractivity contribution is 9.10. The molecular formula is C12H9BrF2N2. The molecule has 88 valence electrons. The molecule has 0 saturated carbocycles. The molecule has 0 aliphatic carbocycles. The van der Waals surface area contributed by atoms with E-state index in [4.69, 9.17) is 5.73 Å². The summed E-state index contributed by atoms with van der Waals surface area (Å²) in [6, 6.07) is 8.59. The Morgan fingerprint density at radius 1 is 1.06 bits per heavy atom. The largest absolute Gasteiger partial charge is 0.397 e. The molecule has 0 spiro atoms. The van der Waals surface area contributed by atoms with Crippen LogP contribution in [0.2, 0.25) is 0 Å². The van der Waals surface area contributed by atoms with Crippen LogP contribution < -0.4 is 11.1 Å². The lowest BCUT2D eigenvalue weighted by molar-refractivity contribution is 0.621. The lowest BCUT2D eigenvalue weighted by atomic mass is 10.2. The van der Waals surface area contributed by atoms with Crippen LogP contribution in [0.15, 0.2) is 40.9 Å². The lowest BCUT2D eigenvalue weighted by Gasteiger charge is -2.09. The number of anilines is 3. The average Bonchev–Trinajstić information content (AvgIpc) is 2.27. The fourth-order valence-electron chi connectivity index (χ4n) is 1.38. The molecule has 0 bridgehead atoms. The van der Waals surface area contributed by atoms with Gasteiger partial charge in [-0.2, -0.15) is 0 Å². The molecule has 2 rings (SSSR count). The number of nitrogens with two attached hydrogens (primary N) is 1. The molecule has 0 aliphatic heterocycles. The van der Waals surface area contributed by atoms with Gasteiger partial charge in [0.2, 0.25) is 0 Å². The highest BCUT2D eigenvalue weighted by atomic mass is 79.9. The van der Waals surface area contributed by atoms with Gasteiger partial charge < -0.3 is 11.1 Å². The van der Waals surface area contributed by atoms with Crippen molar-refractivity contribution in [2.75, 3.05) is 11.1 Å². The fourth-order valence-corrected chi connectivity index (χ4v) is 1.62. The Morgan fingerprint density at radius 3 is 2.47 bits per heavy atom. The van der Waals surface area contributed by atoms with Crippen LogP contribution in [0.3, 0.4) is 0 Å². The first-order valence-corrected chi connectivity index (χ1v) is 5.62. The summed E-state index contributed by atoms with van der Waals surface area (Å²) < 4.78 is 26.5. The summed E-state index contributed by atoms with van der Waals surface area (Å²) in [4.78, 5) is 0. The second-order valence-electron chi connectivity index (χ2n) is 3.49. The third-order valence-electron chi connectivity index (χ3n) is 2.21. The van der Waals surface area contributed by atoms with E-state index < -0.39 is 5.82 Å². The van der Waals surface area contributed by atoms with Crippen molar-refractivity contribution in [2.45, 2.75) is 0 Å². The van der Waals surface area contributed by atoms with E-state index in [0.717, 1.165) is 0 Å². The molecule has 2 aromatic carbocycles. The highest BCUT2D eigenvalue weighted by Gasteiger charge is 2.04. The zero-order valence-corrected chi connectivity index (χ0v) is 10.3. The molecule has 0 saturated heterocycles. The van der Waals surface area contributed by atoms with Crippen LogP contribution >= 0.6 is 15.9 Å². The molecule has 0 aliphatic rings. The van der Waals surface area contributed by atoms with Crippen molar-refractivity contribution in [3.63, 3.8) is 0 Å². The molecule has 0 heterocycles. The third kappa shape index (κ3) is 2.74. The van der Waals surface area contributed by atoms with Gasteiger partial charge in [-0.3, -0.25) is 0 Å². The van der Waals surface area contributed by atoms with Gasteiger partial charge in [-0.15, -0.1) is 0 Å². The molecule has 0 unspecified atom stereocenters. The number of benzene rings is 2. The van der Waals surface area contributed by atoms with Crippen molar-refractivity contribution in [1.29, 1.82) is 0 Å². The monoisotopic (exact) mass is 298 g/mol. The second-order valence-corrected chi connectivity index (χ2v) is 4.34. The van der Waals surface area contributed by atoms with E-state index in [0.29, 0.717) is 15.8 Å². The molecule has 0 amide bonds. The molecule has 5 heteroatoms. The molecule has 0 atom stereocenters. The fraction of sp³-hybridized carbons (Fsp3) is 0. The Bertz CT molecular complexity index is 558. The minimum Gasteiger partial charge on any atom is -0.397 e. The Hall–Kier alpha value is -1.62. The number of nitrogens with one attached hydrogen (secondary N) is 1. The summed E-state index contributed by atoms with van der Waals surface area (Å²) in [6.45, 7) is 0. The first kappa shape index (κ1) is 11.9. The third-order valence-corrected chi connectivity index (χ3v) is 2.86. The van der Waals surface area contributed by atoms with Gasteiger partial charge in [0.25, 0.3) is 0 Å². The maximum absolute atomic E-state index is 13.3. The Kier molecular flexibility index (Phi) is 3.28. The lowest BCUT2D eigenvalue weighted by Crippen LogP contribution is -1.97. The predicted octanol–water partition coefficient (Wildman–Crippen LogP) is 4.05. The zero-order valence-electron chi connectivity index (χ0n) is 8.68. The SMILES string of the molecule is Nc1cc(F)ccc1Nc1ccc(Br)c(F)c1. The van der Waals surface area contributed by atoms with Crippen LogP contribution in [0, 0.1) is 11.6 Å². The first-order valence-electron chi connectivity index (χ1n) is 4.83. The molecule has 0 radical (unpaired) electrons. The van der Waals surface area contributed by atoms with Gasteiger partial charge in [-0.25, -0.2) is 8.78 Å². The number of nitrogen functional groups attached to an aromatic ring is 1. The normalized spacial score (nSPS) is 10.3. The van der Waals surface area contributed by atoms with E-state index in [1.54, 1.807) is 12.1 Å². The average molecular weight is 299 g/mol. The van der Waals surface area contributed by atoms with E-state index in [1.807, 2.05) is 0 Å². The van der Waals surface area contributed by atoms with Crippen LogP contribution in [-0.2, 0) is 0 Å². The number of hydrogen-bond donors (Lipinski definition) is 2. The van der Waals surface area contributed by atoms with Gasteiger partial charge in [-0.05, 0) is 52.3 Å². The van der Waals surface area contributed by atoms with Crippen LogP contribution in [0.5, 0.6) is 0 Å². The van der Waals surface area contributed by atoms with Crippen LogP contribution in [0.25, 0.3) is 0 Å². The number of halogens is 3. The Morgan fingerprint density at radius 2 is 1.82 bits per heavy atom. The van der Waals surface area contributed by atoms with E-state index in [1.165, 1.54) is 24.3 Å². The summed E-state index contributed by atoms with van der Waals surface area (Å²) in [5.41, 5.74) is 6.98. The van der Waals surface area contributed by atoms with Crippen molar-refractivity contribution in [2.24, 2.45) is 0 Å². The van der Waals surface area contributed by atoms with Crippen LogP contribution in [0.4, 0.5) is 25.8 Å². The van der Waals surface area contributed by atoms with E-state index in [-0.39, 0.29) is 11.5 Å². The smallest absolute Gasteiger partial charge is 0.139 e. The van der Waals surface area contributed by atoms with Gasteiger partial charge in [0.1, 0.15) is 11.6 Å². The summed E-state index contributed by atoms with van der Waals surface area (Å²) >= 11 is 3.06. The number of rotatable bonds is 2. The maximum Gasteiger partial charge on any atom is 0.139 e. The molecule has 3 N–H and O–H groups in total. The second kappa shape index (κ2) is 4.71. The summed E-state index contributed by atoms with van der Waals surface area (Å²) in [5.74, 6) is -0.786. The molecule has 0 aromatic heterocycles. The first-order chi connectivity index (χ1) is 8.06. The van der Waals surface area contributed by atoms with Gasteiger partial charge in [0.15, 0.2) is 0 Å². The van der Waals surface area contributed by atoms with Crippen molar-refractivity contribution in [3.05, 3.63) is 52.5 Å². The van der Waals surface area contributed by atoms with Gasteiger partial charge in [0.05, 0.1) is 15.8 Å². The van der Waals surface area contributed by atoms with Gasteiger partial charge in [0, 0.05) is 5.69 Å². The minimum absolute atomic E-state index is 0.272.